The number of aliphatic hydroxyl groups is 1. The Morgan fingerprint density at radius 2 is 2.33 bits per heavy atom. The van der Waals surface area contributed by atoms with Crippen molar-refractivity contribution in [2.75, 3.05) is 11.5 Å². The van der Waals surface area contributed by atoms with Crippen molar-refractivity contribution in [3.05, 3.63) is 29.9 Å². The van der Waals surface area contributed by atoms with Crippen molar-refractivity contribution in [1.29, 1.82) is 0 Å². The lowest BCUT2D eigenvalue weighted by molar-refractivity contribution is -0.159. The van der Waals surface area contributed by atoms with Gasteiger partial charge in [0.15, 0.2) is 6.10 Å². The molecule has 1 aromatic rings. The molecule has 0 bridgehead atoms. The number of carboxylic acids is 1. The highest BCUT2D eigenvalue weighted by atomic mass is 32.2. The van der Waals surface area contributed by atoms with E-state index in [1.165, 1.54) is 28.4 Å². The Kier molecular flexibility index (Phi) is 3.87. The maximum atomic E-state index is 11.7. The van der Waals surface area contributed by atoms with E-state index in [9.17, 15) is 19.8 Å². The molecule has 9 heteroatoms. The molecule has 1 fully saturated rings. The Morgan fingerprint density at radius 1 is 1.52 bits per heavy atom. The summed E-state index contributed by atoms with van der Waals surface area (Å²) in [5, 5.41) is 19.1. The largest absolute Gasteiger partial charge is 0.477 e. The molecule has 21 heavy (non-hydrogen) atoms. The Balaban J connectivity index is 1.81. The number of aliphatic carboxylic acids is 1. The first-order valence-corrected chi connectivity index (χ1v) is 8.10. The Bertz CT molecular complexity index is 622. The molecular formula is C12H11N3O4S2. The summed E-state index contributed by atoms with van der Waals surface area (Å²) < 4.78 is 0. The fourth-order valence-corrected chi connectivity index (χ4v) is 4.39. The number of hydrogen-bond acceptors (Lipinski definition) is 7. The number of amides is 1. The third-order valence-corrected chi connectivity index (χ3v) is 5.48. The van der Waals surface area contributed by atoms with E-state index in [0.717, 1.165) is 0 Å². The van der Waals surface area contributed by atoms with Crippen LogP contribution in [0.4, 0.5) is 0 Å². The topological polar surface area (TPSA) is 104 Å². The quantitative estimate of drug-likeness (QED) is 0.597. The summed E-state index contributed by atoms with van der Waals surface area (Å²) in [5.74, 6) is -0.803. The smallest absolute Gasteiger partial charge is 0.352 e. The second-order valence-electron chi connectivity index (χ2n) is 4.44. The first kappa shape index (κ1) is 14.4. The monoisotopic (exact) mass is 325 g/mol. The van der Waals surface area contributed by atoms with Gasteiger partial charge in [0, 0.05) is 23.9 Å². The Morgan fingerprint density at radius 3 is 3.00 bits per heavy atom. The van der Waals surface area contributed by atoms with Crippen LogP contribution in [0.5, 0.6) is 0 Å². The zero-order valence-corrected chi connectivity index (χ0v) is 12.3. The Labute approximate surface area is 128 Å². The van der Waals surface area contributed by atoms with Gasteiger partial charge in [0.05, 0.1) is 6.20 Å². The molecule has 7 nitrogen and oxygen atoms in total. The normalized spacial score (nSPS) is 24.6. The standard InChI is InChI=1S/C12H11N3O4S2/c16-9-10(17)15-8(12(18)19)6(5-21-11(9)15)4-20-7-3-13-1-2-14-7/h1-3,9,11,16H,4-5H2,(H,18,19)/t9-,11-/m1/s1. The molecule has 3 rings (SSSR count). The van der Waals surface area contributed by atoms with Crippen LogP contribution in [-0.2, 0) is 9.59 Å². The van der Waals surface area contributed by atoms with Crippen LogP contribution in [0.15, 0.2) is 34.9 Å². The third-order valence-electron chi connectivity index (χ3n) is 3.16. The number of carbonyl (C=O) groups is 2. The number of hydrogen-bond donors (Lipinski definition) is 2. The highest BCUT2D eigenvalue weighted by Gasteiger charge is 2.52. The maximum absolute atomic E-state index is 11.7. The molecule has 0 radical (unpaired) electrons. The van der Waals surface area contributed by atoms with Gasteiger partial charge in [-0.2, -0.15) is 0 Å². The summed E-state index contributed by atoms with van der Waals surface area (Å²) >= 11 is 2.74. The molecule has 3 heterocycles. The number of β-lactam (4-membered cyclic amide) rings is 1. The molecule has 110 valence electrons. The minimum atomic E-state index is -1.14. The first-order valence-electron chi connectivity index (χ1n) is 6.06. The van der Waals surface area contributed by atoms with Gasteiger partial charge in [-0.3, -0.25) is 14.7 Å². The average molecular weight is 325 g/mol. The van der Waals surface area contributed by atoms with Crippen LogP contribution in [-0.4, -0.2) is 59.9 Å². The summed E-state index contributed by atoms with van der Waals surface area (Å²) in [6.45, 7) is 0. The molecule has 2 N–H and O–H groups in total. The van der Waals surface area contributed by atoms with Crippen LogP contribution in [0.1, 0.15) is 0 Å². The predicted molar refractivity (Wildman–Crippen MR) is 76.5 cm³/mol. The summed E-state index contributed by atoms with van der Waals surface area (Å²) in [6.07, 6.45) is 3.63. The van der Waals surface area contributed by atoms with Crippen molar-refractivity contribution < 1.29 is 19.8 Å². The molecule has 1 saturated heterocycles. The molecule has 2 atom stereocenters. The zero-order chi connectivity index (χ0) is 15.0. The summed E-state index contributed by atoms with van der Waals surface area (Å²) in [5.41, 5.74) is 0.644. The van der Waals surface area contributed by atoms with Gasteiger partial charge in [-0.05, 0) is 5.57 Å². The van der Waals surface area contributed by atoms with Crippen LogP contribution in [0, 0.1) is 0 Å². The van der Waals surface area contributed by atoms with E-state index >= 15 is 0 Å². The highest BCUT2D eigenvalue weighted by Crippen LogP contribution is 2.41. The lowest BCUT2D eigenvalue weighted by Gasteiger charge is -2.47. The number of carbonyl (C=O) groups excluding carboxylic acids is 1. The molecule has 2 aliphatic heterocycles. The van der Waals surface area contributed by atoms with Gasteiger partial charge in [0.25, 0.3) is 5.91 Å². The second kappa shape index (κ2) is 5.66. The summed E-state index contributed by atoms with van der Waals surface area (Å²) in [4.78, 5) is 32.3. The molecular weight excluding hydrogens is 314 g/mol. The van der Waals surface area contributed by atoms with E-state index in [0.29, 0.717) is 22.1 Å². The predicted octanol–water partition coefficient (Wildman–Crippen LogP) is 0.183. The number of rotatable bonds is 4. The number of thioether (sulfide) groups is 2. The van der Waals surface area contributed by atoms with Crippen LogP contribution in [0.3, 0.4) is 0 Å². The second-order valence-corrected chi connectivity index (χ2v) is 6.54. The zero-order valence-electron chi connectivity index (χ0n) is 10.7. The molecule has 0 spiro atoms. The first-order chi connectivity index (χ1) is 10.1. The van der Waals surface area contributed by atoms with Gasteiger partial charge >= 0.3 is 5.97 Å². The van der Waals surface area contributed by atoms with Gasteiger partial charge in [0.2, 0.25) is 0 Å². The lowest BCUT2D eigenvalue weighted by Crippen LogP contribution is -2.64. The summed E-state index contributed by atoms with van der Waals surface area (Å²) in [7, 11) is 0. The van der Waals surface area contributed by atoms with Crippen molar-refractivity contribution >= 4 is 35.4 Å². The maximum Gasteiger partial charge on any atom is 0.352 e. The number of nitrogens with zero attached hydrogens (tertiary/aromatic N) is 3. The van der Waals surface area contributed by atoms with Crippen LogP contribution in [0.25, 0.3) is 0 Å². The van der Waals surface area contributed by atoms with Crippen LogP contribution < -0.4 is 0 Å². The van der Waals surface area contributed by atoms with Crippen molar-refractivity contribution in [2.24, 2.45) is 0 Å². The fourth-order valence-electron chi connectivity index (χ4n) is 2.16. The SMILES string of the molecule is O=C(O)C1=C(CSc2cnccn2)CS[C@@H]2[C@H](O)C(=O)N12. The van der Waals surface area contributed by atoms with E-state index < -0.39 is 23.4 Å². The fraction of sp³-hybridized carbons (Fsp3) is 0.333. The average Bonchev–Trinajstić information content (AvgIpc) is 2.52. The van der Waals surface area contributed by atoms with Gasteiger partial charge in [0.1, 0.15) is 16.1 Å². The molecule has 1 aromatic heterocycles. The number of aromatic nitrogens is 2. The van der Waals surface area contributed by atoms with E-state index in [1.54, 1.807) is 18.6 Å². The minimum absolute atomic E-state index is 0.00885. The van der Waals surface area contributed by atoms with Crippen molar-refractivity contribution in [3.63, 3.8) is 0 Å². The van der Waals surface area contributed by atoms with Gasteiger partial charge in [-0.25, -0.2) is 9.78 Å². The van der Waals surface area contributed by atoms with Crippen molar-refractivity contribution in [3.8, 4) is 0 Å². The van der Waals surface area contributed by atoms with E-state index in [-0.39, 0.29) is 5.70 Å². The van der Waals surface area contributed by atoms with Crippen LogP contribution in [0.2, 0.25) is 0 Å². The molecule has 2 aliphatic rings. The number of aliphatic hydroxyl groups excluding tert-OH is 1. The van der Waals surface area contributed by atoms with E-state index in [4.69, 9.17) is 0 Å². The Hall–Kier alpha value is -1.58. The molecule has 1 amide bonds. The molecule has 0 unspecified atom stereocenters. The van der Waals surface area contributed by atoms with Gasteiger partial charge in [-0.15, -0.1) is 23.5 Å². The van der Waals surface area contributed by atoms with E-state index in [2.05, 4.69) is 9.97 Å². The van der Waals surface area contributed by atoms with Crippen molar-refractivity contribution in [2.45, 2.75) is 16.5 Å². The minimum Gasteiger partial charge on any atom is -0.477 e. The lowest BCUT2D eigenvalue weighted by atomic mass is 10.1. The van der Waals surface area contributed by atoms with Crippen molar-refractivity contribution in [1.82, 2.24) is 14.9 Å². The highest BCUT2D eigenvalue weighted by molar-refractivity contribution is 8.01. The number of fused-ring (bicyclic) bond motifs is 1. The van der Waals surface area contributed by atoms with Crippen LogP contribution >= 0.6 is 23.5 Å². The van der Waals surface area contributed by atoms with E-state index in [1.807, 2.05) is 0 Å². The van der Waals surface area contributed by atoms with Gasteiger partial charge < -0.3 is 10.2 Å². The number of carboxylic acid groups (broad SMARTS) is 1. The molecule has 0 saturated carbocycles. The molecule has 0 aliphatic carbocycles. The third kappa shape index (κ3) is 2.52. The van der Waals surface area contributed by atoms with Gasteiger partial charge in [-0.1, -0.05) is 0 Å². The summed E-state index contributed by atoms with van der Waals surface area (Å²) in [6, 6.07) is 0. The molecule has 0 aromatic carbocycles.